The SMILES string of the molecule is O=[N+]([O-])c1ccc(N=Nc2sc3ccccc3c2O)c([N+](=O)[O-])c1. The fourth-order valence-corrected chi connectivity index (χ4v) is 2.96. The van der Waals surface area contributed by atoms with E-state index in [-0.39, 0.29) is 16.4 Å². The van der Waals surface area contributed by atoms with E-state index in [0.29, 0.717) is 5.39 Å². The van der Waals surface area contributed by atoms with Crippen LogP contribution in [0.2, 0.25) is 0 Å². The second kappa shape index (κ2) is 6.01. The zero-order chi connectivity index (χ0) is 17.3. The molecule has 0 aliphatic rings. The number of hydrogen-bond acceptors (Lipinski definition) is 8. The summed E-state index contributed by atoms with van der Waals surface area (Å²) in [5, 5.41) is 40.3. The van der Waals surface area contributed by atoms with Gasteiger partial charge in [-0.1, -0.05) is 12.1 Å². The van der Waals surface area contributed by atoms with Crippen molar-refractivity contribution in [3.8, 4) is 5.75 Å². The third-order valence-electron chi connectivity index (χ3n) is 3.17. The molecule has 0 atom stereocenters. The summed E-state index contributed by atoms with van der Waals surface area (Å²) >= 11 is 1.18. The van der Waals surface area contributed by atoms with Gasteiger partial charge < -0.3 is 5.11 Å². The predicted molar refractivity (Wildman–Crippen MR) is 87.4 cm³/mol. The Morgan fingerprint density at radius 1 is 1.00 bits per heavy atom. The zero-order valence-corrected chi connectivity index (χ0v) is 12.6. The molecule has 9 nitrogen and oxygen atoms in total. The number of nitro benzene ring substituents is 2. The normalized spacial score (nSPS) is 11.2. The van der Waals surface area contributed by atoms with Crippen LogP contribution in [0.3, 0.4) is 0 Å². The number of nitro groups is 2. The van der Waals surface area contributed by atoms with Gasteiger partial charge in [0.15, 0.2) is 16.4 Å². The Hall–Kier alpha value is -3.40. The number of benzene rings is 2. The number of aromatic hydroxyl groups is 1. The van der Waals surface area contributed by atoms with Gasteiger partial charge in [0.05, 0.1) is 15.9 Å². The Morgan fingerprint density at radius 2 is 1.75 bits per heavy atom. The molecule has 0 unspecified atom stereocenters. The molecule has 1 heterocycles. The van der Waals surface area contributed by atoms with Crippen molar-refractivity contribution in [1.29, 1.82) is 0 Å². The quantitative estimate of drug-likeness (QED) is 0.411. The van der Waals surface area contributed by atoms with Crippen LogP contribution in [-0.2, 0) is 0 Å². The molecule has 1 N–H and O–H groups in total. The molecule has 0 aliphatic carbocycles. The van der Waals surface area contributed by atoms with E-state index in [4.69, 9.17) is 0 Å². The number of fused-ring (bicyclic) bond motifs is 1. The Labute approximate surface area is 137 Å². The zero-order valence-electron chi connectivity index (χ0n) is 11.8. The van der Waals surface area contributed by atoms with Gasteiger partial charge in [-0.25, -0.2) is 0 Å². The van der Waals surface area contributed by atoms with Crippen LogP contribution >= 0.6 is 11.3 Å². The van der Waals surface area contributed by atoms with E-state index >= 15 is 0 Å². The molecule has 0 aliphatic heterocycles. The number of azo groups is 1. The summed E-state index contributed by atoms with van der Waals surface area (Å²) < 4.78 is 0.794. The van der Waals surface area contributed by atoms with Crippen molar-refractivity contribution < 1.29 is 15.0 Å². The van der Waals surface area contributed by atoms with Crippen molar-refractivity contribution in [3.63, 3.8) is 0 Å². The summed E-state index contributed by atoms with van der Waals surface area (Å²) in [5.41, 5.74) is -1.08. The molecular formula is C14H8N4O5S. The standard InChI is InChI=1S/C14H8N4O5S/c19-13-9-3-1-2-4-12(9)24-14(13)16-15-10-6-5-8(17(20)21)7-11(10)18(22)23/h1-7,19H. The van der Waals surface area contributed by atoms with E-state index in [1.54, 1.807) is 24.3 Å². The molecule has 3 rings (SSSR count). The monoisotopic (exact) mass is 344 g/mol. The molecule has 0 saturated heterocycles. The van der Waals surface area contributed by atoms with E-state index in [0.717, 1.165) is 22.9 Å². The average molecular weight is 344 g/mol. The third kappa shape index (κ3) is 2.77. The average Bonchev–Trinajstić information content (AvgIpc) is 2.89. The van der Waals surface area contributed by atoms with Crippen molar-refractivity contribution in [3.05, 3.63) is 62.7 Å². The lowest BCUT2D eigenvalue weighted by atomic mass is 10.2. The number of hydrogen-bond donors (Lipinski definition) is 1. The summed E-state index contributed by atoms with van der Waals surface area (Å²) in [6.07, 6.45) is 0. The minimum Gasteiger partial charge on any atom is -0.504 e. The maximum atomic E-state index is 11.1. The Bertz CT molecular complexity index is 998. The van der Waals surface area contributed by atoms with Gasteiger partial charge >= 0.3 is 5.69 Å². The Kier molecular flexibility index (Phi) is 3.88. The van der Waals surface area contributed by atoms with E-state index in [2.05, 4.69) is 10.2 Å². The Morgan fingerprint density at radius 3 is 2.42 bits per heavy atom. The molecule has 120 valence electrons. The fraction of sp³-hybridized carbons (Fsp3) is 0. The summed E-state index contributed by atoms with van der Waals surface area (Å²) in [5.74, 6) is -0.0658. The van der Waals surface area contributed by atoms with Gasteiger partial charge in [0.1, 0.15) is 0 Å². The topological polar surface area (TPSA) is 131 Å². The molecule has 0 amide bonds. The summed E-state index contributed by atoms with van der Waals surface area (Å²) in [7, 11) is 0. The van der Waals surface area contributed by atoms with Gasteiger partial charge in [-0.15, -0.1) is 21.6 Å². The minimum atomic E-state index is -0.772. The van der Waals surface area contributed by atoms with Crippen molar-refractivity contribution in [2.75, 3.05) is 0 Å². The van der Waals surface area contributed by atoms with Gasteiger partial charge in [-0.05, 0) is 18.2 Å². The maximum absolute atomic E-state index is 11.1. The van der Waals surface area contributed by atoms with Crippen molar-refractivity contribution in [2.24, 2.45) is 10.2 Å². The van der Waals surface area contributed by atoms with Gasteiger partial charge in [0.25, 0.3) is 5.69 Å². The highest BCUT2D eigenvalue weighted by Crippen LogP contribution is 2.44. The van der Waals surface area contributed by atoms with Gasteiger partial charge in [-0.3, -0.25) is 20.2 Å². The van der Waals surface area contributed by atoms with Gasteiger partial charge in [0, 0.05) is 16.2 Å². The van der Waals surface area contributed by atoms with Crippen LogP contribution in [0.5, 0.6) is 5.75 Å². The predicted octanol–water partition coefficient (Wildman–Crippen LogP) is 4.84. The minimum absolute atomic E-state index is 0.0658. The molecule has 3 aromatic rings. The van der Waals surface area contributed by atoms with Crippen molar-refractivity contribution in [1.82, 2.24) is 0 Å². The molecule has 0 saturated carbocycles. The third-order valence-corrected chi connectivity index (χ3v) is 4.21. The van der Waals surface area contributed by atoms with Crippen LogP contribution in [0.15, 0.2) is 52.7 Å². The summed E-state index contributed by atoms with van der Waals surface area (Å²) in [6.45, 7) is 0. The van der Waals surface area contributed by atoms with Crippen LogP contribution in [0.1, 0.15) is 0 Å². The molecule has 0 radical (unpaired) electrons. The molecule has 0 bridgehead atoms. The lowest BCUT2D eigenvalue weighted by Crippen LogP contribution is -1.92. The van der Waals surface area contributed by atoms with Crippen LogP contribution in [-0.4, -0.2) is 15.0 Å². The van der Waals surface area contributed by atoms with Gasteiger partial charge in [-0.2, -0.15) is 0 Å². The first-order valence-electron chi connectivity index (χ1n) is 6.52. The maximum Gasteiger partial charge on any atom is 0.303 e. The summed E-state index contributed by atoms with van der Waals surface area (Å²) in [6, 6.07) is 10.1. The van der Waals surface area contributed by atoms with E-state index in [9.17, 15) is 25.3 Å². The van der Waals surface area contributed by atoms with Gasteiger partial charge in [0.2, 0.25) is 0 Å². The number of nitrogens with zero attached hydrogens (tertiary/aromatic N) is 4. The lowest BCUT2D eigenvalue weighted by Gasteiger charge is -1.96. The van der Waals surface area contributed by atoms with Crippen LogP contribution in [0.25, 0.3) is 10.1 Å². The van der Waals surface area contributed by atoms with Crippen molar-refractivity contribution in [2.45, 2.75) is 0 Å². The smallest absolute Gasteiger partial charge is 0.303 e. The van der Waals surface area contributed by atoms with Crippen LogP contribution in [0, 0.1) is 20.2 Å². The largest absolute Gasteiger partial charge is 0.504 e. The highest BCUT2D eigenvalue weighted by atomic mass is 32.1. The van der Waals surface area contributed by atoms with Crippen LogP contribution in [0.4, 0.5) is 22.1 Å². The molecule has 0 spiro atoms. The summed E-state index contributed by atoms with van der Waals surface area (Å²) in [4.78, 5) is 20.3. The Balaban J connectivity index is 2.03. The molecule has 10 heteroatoms. The molecule has 1 aromatic heterocycles. The van der Waals surface area contributed by atoms with E-state index in [1.807, 2.05) is 0 Å². The first kappa shape index (κ1) is 15.5. The number of non-ortho nitro benzene ring substituents is 1. The first-order chi connectivity index (χ1) is 11.5. The number of thiophene rings is 1. The molecule has 24 heavy (non-hydrogen) atoms. The number of rotatable bonds is 4. The van der Waals surface area contributed by atoms with E-state index in [1.165, 1.54) is 11.3 Å². The highest BCUT2D eigenvalue weighted by Gasteiger charge is 2.19. The highest BCUT2D eigenvalue weighted by molar-refractivity contribution is 7.23. The molecule has 0 fully saturated rings. The second-order valence-electron chi connectivity index (χ2n) is 4.64. The van der Waals surface area contributed by atoms with Crippen molar-refractivity contribution >= 4 is 43.5 Å². The lowest BCUT2D eigenvalue weighted by molar-refractivity contribution is -0.393. The first-order valence-corrected chi connectivity index (χ1v) is 7.34. The second-order valence-corrected chi connectivity index (χ2v) is 5.67. The molecule has 2 aromatic carbocycles. The van der Waals surface area contributed by atoms with Crippen LogP contribution < -0.4 is 0 Å². The fourth-order valence-electron chi connectivity index (χ4n) is 2.04. The van der Waals surface area contributed by atoms with E-state index < -0.39 is 21.2 Å². The molecular weight excluding hydrogens is 336 g/mol.